The van der Waals surface area contributed by atoms with E-state index in [2.05, 4.69) is 16.2 Å². The highest BCUT2D eigenvalue weighted by atomic mass is 16.7. The fourth-order valence-electron chi connectivity index (χ4n) is 0.755. The molecule has 0 amide bonds. The van der Waals surface area contributed by atoms with Gasteiger partial charge in [-0.25, -0.2) is 0 Å². The SMILES string of the molecule is C#Cc1ccc(NOB(O)O)cc1. The molecule has 3 N–H and O–H groups in total. The second-order valence-electron chi connectivity index (χ2n) is 2.27. The van der Waals surface area contributed by atoms with Crippen molar-refractivity contribution >= 4 is 13.0 Å². The zero-order valence-corrected chi connectivity index (χ0v) is 6.77. The second-order valence-corrected chi connectivity index (χ2v) is 2.27. The molecule has 0 unspecified atom stereocenters. The van der Waals surface area contributed by atoms with Crippen LogP contribution in [-0.2, 0) is 4.76 Å². The van der Waals surface area contributed by atoms with Crippen LogP contribution < -0.4 is 5.48 Å². The van der Waals surface area contributed by atoms with Crippen molar-refractivity contribution in [3.05, 3.63) is 29.8 Å². The van der Waals surface area contributed by atoms with Gasteiger partial charge in [0.25, 0.3) is 0 Å². The molecule has 1 aromatic carbocycles. The van der Waals surface area contributed by atoms with Crippen LogP contribution in [0.3, 0.4) is 0 Å². The lowest BCUT2D eigenvalue weighted by atomic mass is 10.2. The van der Waals surface area contributed by atoms with Crippen molar-refractivity contribution in [2.75, 3.05) is 5.48 Å². The van der Waals surface area contributed by atoms with E-state index in [1.54, 1.807) is 24.3 Å². The van der Waals surface area contributed by atoms with Gasteiger partial charge in [-0.15, -0.1) is 6.42 Å². The first kappa shape index (κ1) is 9.61. The normalized spacial score (nSPS) is 9.00. The lowest BCUT2D eigenvalue weighted by molar-refractivity contribution is 0.226. The molecular weight excluding hydrogens is 169 g/mol. The summed E-state index contributed by atoms with van der Waals surface area (Å²) < 4.78 is 4.31. The van der Waals surface area contributed by atoms with Crippen LogP contribution in [0.2, 0.25) is 0 Å². The molecule has 0 aliphatic heterocycles. The van der Waals surface area contributed by atoms with Crippen LogP contribution in [0.5, 0.6) is 0 Å². The summed E-state index contributed by atoms with van der Waals surface area (Å²) in [5.74, 6) is 2.45. The van der Waals surface area contributed by atoms with E-state index in [0.717, 1.165) is 5.56 Å². The molecule has 1 aromatic rings. The monoisotopic (exact) mass is 177 g/mol. The fourth-order valence-corrected chi connectivity index (χ4v) is 0.755. The second kappa shape index (κ2) is 4.53. The lowest BCUT2D eigenvalue weighted by Crippen LogP contribution is -2.20. The van der Waals surface area contributed by atoms with Gasteiger partial charge in [0.1, 0.15) is 0 Å². The Morgan fingerprint density at radius 2 is 1.92 bits per heavy atom. The first-order chi connectivity index (χ1) is 6.22. The Morgan fingerprint density at radius 3 is 2.38 bits per heavy atom. The molecular formula is C8H8BNO3. The Hall–Kier alpha value is -1.48. The van der Waals surface area contributed by atoms with Crippen LogP contribution >= 0.6 is 0 Å². The summed E-state index contributed by atoms with van der Waals surface area (Å²) in [5.41, 5.74) is 3.66. The Labute approximate surface area is 76.3 Å². The van der Waals surface area contributed by atoms with Crippen LogP contribution in [0.25, 0.3) is 0 Å². The molecule has 5 heteroatoms. The van der Waals surface area contributed by atoms with Crippen LogP contribution in [0.4, 0.5) is 5.69 Å². The third-order valence-electron chi connectivity index (χ3n) is 1.33. The third-order valence-corrected chi connectivity index (χ3v) is 1.33. The number of hydrogen-bond acceptors (Lipinski definition) is 4. The molecule has 13 heavy (non-hydrogen) atoms. The number of benzene rings is 1. The van der Waals surface area contributed by atoms with E-state index in [1.807, 2.05) is 0 Å². The minimum absolute atomic E-state index is 0.590. The van der Waals surface area contributed by atoms with E-state index < -0.39 is 7.32 Å². The van der Waals surface area contributed by atoms with E-state index in [9.17, 15) is 0 Å². The topological polar surface area (TPSA) is 61.7 Å². The summed E-state index contributed by atoms with van der Waals surface area (Å²) in [6, 6.07) is 6.74. The van der Waals surface area contributed by atoms with Crippen molar-refractivity contribution in [1.82, 2.24) is 0 Å². The number of nitrogens with one attached hydrogen (secondary N) is 1. The molecule has 0 atom stereocenters. The van der Waals surface area contributed by atoms with Gasteiger partial charge in [0, 0.05) is 5.56 Å². The van der Waals surface area contributed by atoms with Crippen molar-refractivity contribution in [2.45, 2.75) is 0 Å². The minimum Gasteiger partial charge on any atom is -0.400 e. The van der Waals surface area contributed by atoms with Gasteiger partial charge >= 0.3 is 7.32 Å². The van der Waals surface area contributed by atoms with Crippen LogP contribution in [0.1, 0.15) is 5.56 Å². The van der Waals surface area contributed by atoms with Gasteiger partial charge in [-0.2, -0.15) is 0 Å². The molecule has 0 saturated carbocycles. The summed E-state index contributed by atoms with van der Waals surface area (Å²) in [7, 11) is -1.84. The van der Waals surface area contributed by atoms with Crippen molar-refractivity contribution < 1.29 is 14.8 Å². The van der Waals surface area contributed by atoms with E-state index in [-0.39, 0.29) is 0 Å². The number of terminal acetylenes is 1. The standard InChI is InChI=1S/C8H8BNO3/c1-2-7-3-5-8(6-4-7)10-13-9(11)12/h1,3-6,10-12H. The quantitative estimate of drug-likeness (QED) is 0.345. The molecule has 66 valence electrons. The van der Waals surface area contributed by atoms with Gasteiger partial charge in [0.2, 0.25) is 0 Å². The third kappa shape index (κ3) is 3.17. The van der Waals surface area contributed by atoms with E-state index >= 15 is 0 Å². The Kier molecular flexibility index (Phi) is 3.35. The average molecular weight is 177 g/mol. The molecule has 0 saturated heterocycles. The van der Waals surface area contributed by atoms with Crippen LogP contribution in [-0.4, -0.2) is 17.4 Å². The predicted octanol–water partition coefficient (Wildman–Crippen LogP) is -0.0191. The molecule has 0 heterocycles. The molecule has 4 nitrogen and oxygen atoms in total. The molecule has 0 aliphatic carbocycles. The van der Waals surface area contributed by atoms with Gasteiger partial charge in [-0.05, 0) is 24.3 Å². The maximum absolute atomic E-state index is 8.35. The van der Waals surface area contributed by atoms with E-state index in [1.165, 1.54) is 0 Å². The van der Waals surface area contributed by atoms with Crippen molar-refractivity contribution in [1.29, 1.82) is 0 Å². The van der Waals surface area contributed by atoms with E-state index in [4.69, 9.17) is 16.5 Å². The smallest absolute Gasteiger partial charge is 0.400 e. The van der Waals surface area contributed by atoms with Gasteiger partial charge in [0.15, 0.2) is 0 Å². The van der Waals surface area contributed by atoms with Crippen molar-refractivity contribution in [3.8, 4) is 12.3 Å². The van der Waals surface area contributed by atoms with Crippen LogP contribution in [0, 0.1) is 12.3 Å². The van der Waals surface area contributed by atoms with Crippen molar-refractivity contribution in [2.24, 2.45) is 0 Å². The zero-order chi connectivity index (χ0) is 9.68. The summed E-state index contributed by atoms with van der Waals surface area (Å²) in [4.78, 5) is 0. The molecule has 0 aromatic heterocycles. The first-order valence-corrected chi connectivity index (χ1v) is 3.57. The average Bonchev–Trinajstić information content (AvgIpc) is 2.15. The van der Waals surface area contributed by atoms with Gasteiger partial charge in [-0.1, -0.05) is 5.92 Å². The fraction of sp³-hybridized carbons (Fsp3) is 0. The molecule has 0 radical (unpaired) electrons. The Bertz CT molecular complexity index is 304. The summed E-state index contributed by atoms with van der Waals surface area (Å²) in [6.45, 7) is 0. The molecule has 1 rings (SSSR count). The largest absolute Gasteiger partial charge is 0.656 e. The lowest BCUT2D eigenvalue weighted by Gasteiger charge is -2.04. The highest BCUT2D eigenvalue weighted by molar-refractivity contribution is 6.32. The summed E-state index contributed by atoms with van der Waals surface area (Å²) >= 11 is 0. The van der Waals surface area contributed by atoms with Crippen molar-refractivity contribution in [3.63, 3.8) is 0 Å². The summed E-state index contributed by atoms with van der Waals surface area (Å²) in [6.07, 6.45) is 5.14. The minimum atomic E-state index is -1.84. The van der Waals surface area contributed by atoms with E-state index in [0.29, 0.717) is 5.69 Å². The van der Waals surface area contributed by atoms with Gasteiger partial charge < -0.3 is 10.0 Å². The summed E-state index contributed by atoms with van der Waals surface area (Å²) in [5, 5.41) is 16.7. The number of anilines is 1. The number of rotatable bonds is 3. The highest BCUT2D eigenvalue weighted by Gasteiger charge is 2.07. The van der Waals surface area contributed by atoms with Gasteiger partial charge in [0.05, 0.1) is 5.69 Å². The molecule has 0 aliphatic rings. The Morgan fingerprint density at radius 1 is 1.31 bits per heavy atom. The molecule has 0 bridgehead atoms. The Balaban J connectivity index is 2.55. The van der Waals surface area contributed by atoms with Crippen LogP contribution in [0.15, 0.2) is 24.3 Å². The maximum atomic E-state index is 8.35. The number of hydrogen-bond donors (Lipinski definition) is 3. The first-order valence-electron chi connectivity index (χ1n) is 3.57. The predicted molar refractivity (Wildman–Crippen MR) is 49.3 cm³/mol. The molecule has 0 fully saturated rings. The molecule has 0 spiro atoms. The van der Waals surface area contributed by atoms with Gasteiger partial charge in [-0.3, -0.25) is 10.2 Å². The maximum Gasteiger partial charge on any atom is 0.656 e. The zero-order valence-electron chi connectivity index (χ0n) is 6.77. The highest BCUT2D eigenvalue weighted by Crippen LogP contribution is 2.08.